The molecule has 0 spiro atoms. The van der Waals surface area contributed by atoms with Crippen molar-refractivity contribution in [3.05, 3.63) is 33.3 Å². The van der Waals surface area contributed by atoms with Crippen LogP contribution < -0.4 is 5.32 Å². The highest BCUT2D eigenvalue weighted by Crippen LogP contribution is 2.61. The Kier molecular flexibility index (Phi) is 6.56. The monoisotopic (exact) mass is 521 g/mol. The van der Waals surface area contributed by atoms with Crippen LogP contribution in [-0.2, 0) is 16.1 Å². The van der Waals surface area contributed by atoms with Crippen molar-refractivity contribution in [2.45, 2.75) is 51.5 Å². The molecule has 2 amide bonds. The van der Waals surface area contributed by atoms with Crippen molar-refractivity contribution in [2.24, 2.45) is 23.2 Å². The van der Waals surface area contributed by atoms with Crippen LogP contribution in [0, 0.1) is 23.2 Å². The van der Waals surface area contributed by atoms with E-state index in [1.807, 2.05) is 17.0 Å². The van der Waals surface area contributed by atoms with Crippen molar-refractivity contribution in [2.75, 3.05) is 32.7 Å². The van der Waals surface area contributed by atoms with Gasteiger partial charge in [0.25, 0.3) is 0 Å². The number of piperazine rings is 1. The summed E-state index contributed by atoms with van der Waals surface area (Å²) in [5.74, 6) is 2.65. The quantitative estimate of drug-likeness (QED) is 0.600. The Morgan fingerprint density at radius 1 is 1.00 bits per heavy atom. The zero-order chi connectivity index (χ0) is 22.3. The number of rotatable bonds is 6. The number of hydrogen-bond donors (Lipinski definition) is 1. The fourth-order valence-electron chi connectivity index (χ4n) is 7.31. The molecule has 5 aliphatic rings. The molecule has 4 aliphatic carbocycles. The smallest absolute Gasteiger partial charge is 0.242 e. The van der Waals surface area contributed by atoms with Crippen LogP contribution >= 0.6 is 27.5 Å². The third kappa shape index (κ3) is 5.18. The number of amides is 2. The topological polar surface area (TPSA) is 52.7 Å². The normalized spacial score (nSPS) is 31.7. The van der Waals surface area contributed by atoms with E-state index in [0.717, 1.165) is 46.9 Å². The van der Waals surface area contributed by atoms with Gasteiger partial charge in [0, 0.05) is 48.6 Å². The molecule has 1 aliphatic heterocycles. The number of nitrogens with zero attached hydrogens (tertiary/aromatic N) is 2. The molecule has 1 aromatic rings. The second-order valence-electron chi connectivity index (χ2n) is 10.8. The van der Waals surface area contributed by atoms with Gasteiger partial charge in [-0.15, -0.1) is 0 Å². The fourth-order valence-corrected chi connectivity index (χ4v) is 8.24. The lowest BCUT2D eigenvalue weighted by atomic mass is 9.49. The van der Waals surface area contributed by atoms with E-state index in [0.29, 0.717) is 19.5 Å². The average molecular weight is 523 g/mol. The van der Waals surface area contributed by atoms with E-state index in [1.54, 1.807) is 0 Å². The van der Waals surface area contributed by atoms with Crippen LogP contribution in [-0.4, -0.2) is 54.3 Å². The molecule has 1 aromatic carbocycles. The van der Waals surface area contributed by atoms with Crippen LogP contribution in [0.1, 0.15) is 50.5 Å². The largest absolute Gasteiger partial charge is 0.347 e. The molecule has 0 atom stereocenters. The Labute approximate surface area is 204 Å². The lowest BCUT2D eigenvalue weighted by Crippen LogP contribution is -2.51. The minimum atomic E-state index is 0.0361. The van der Waals surface area contributed by atoms with E-state index in [9.17, 15) is 9.59 Å². The van der Waals surface area contributed by atoms with Gasteiger partial charge in [-0.05, 0) is 85.5 Å². The summed E-state index contributed by atoms with van der Waals surface area (Å²) in [5, 5.41) is 3.68. The van der Waals surface area contributed by atoms with Crippen LogP contribution in [0.3, 0.4) is 0 Å². The Bertz CT molecular complexity index is 828. The first-order valence-corrected chi connectivity index (χ1v) is 13.2. The second-order valence-corrected chi connectivity index (χ2v) is 12.2. The van der Waals surface area contributed by atoms with Crippen LogP contribution in [0.5, 0.6) is 0 Å². The molecule has 4 bridgehead atoms. The molecule has 0 unspecified atom stereocenters. The van der Waals surface area contributed by atoms with Gasteiger partial charge in [-0.3, -0.25) is 14.5 Å². The third-order valence-electron chi connectivity index (χ3n) is 8.19. The Hall–Kier alpha value is -1.11. The summed E-state index contributed by atoms with van der Waals surface area (Å²) in [6, 6.07) is 5.96. The Morgan fingerprint density at radius 2 is 1.62 bits per heavy atom. The molecule has 32 heavy (non-hydrogen) atoms. The molecule has 0 aromatic heterocycles. The van der Waals surface area contributed by atoms with Gasteiger partial charge in [0.15, 0.2) is 0 Å². The molecule has 1 N–H and O–H groups in total. The first kappa shape index (κ1) is 22.7. The first-order chi connectivity index (χ1) is 15.4. The maximum absolute atomic E-state index is 12.7. The maximum atomic E-state index is 12.7. The predicted molar refractivity (Wildman–Crippen MR) is 129 cm³/mol. The highest BCUT2D eigenvalue weighted by molar-refractivity contribution is 9.10. The summed E-state index contributed by atoms with van der Waals surface area (Å²) in [6.45, 7) is 4.01. The number of carbonyl (C=O) groups is 2. The van der Waals surface area contributed by atoms with Crippen LogP contribution in [0.25, 0.3) is 0 Å². The van der Waals surface area contributed by atoms with E-state index in [1.165, 1.54) is 44.1 Å². The summed E-state index contributed by atoms with van der Waals surface area (Å²) in [7, 11) is 0. The van der Waals surface area contributed by atoms with Gasteiger partial charge in [-0.25, -0.2) is 0 Å². The molecule has 0 radical (unpaired) electrons. The van der Waals surface area contributed by atoms with Crippen molar-refractivity contribution in [1.82, 2.24) is 15.1 Å². The predicted octanol–water partition coefficient (Wildman–Crippen LogP) is 4.47. The molecular weight excluding hydrogens is 490 g/mol. The van der Waals surface area contributed by atoms with E-state index in [4.69, 9.17) is 11.6 Å². The Balaban J connectivity index is 1.05. The van der Waals surface area contributed by atoms with Gasteiger partial charge in [-0.2, -0.15) is 0 Å². The molecule has 6 rings (SSSR count). The lowest BCUT2D eigenvalue weighted by molar-refractivity contribution is -0.136. The lowest BCUT2D eigenvalue weighted by Gasteiger charge is -2.56. The average Bonchev–Trinajstić information content (AvgIpc) is 2.70. The highest BCUT2D eigenvalue weighted by atomic mass is 79.9. The molecule has 1 heterocycles. The van der Waals surface area contributed by atoms with Gasteiger partial charge in [0.05, 0.1) is 6.54 Å². The number of benzene rings is 1. The minimum absolute atomic E-state index is 0.0361. The maximum Gasteiger partial charge on any atom is 0.242 e. The van der Waals surface area contributed by atoms with E-state index in [2.05, 4.69) is 32.2 Å². The summed E-state index contributed by atoms with van der Waals surface area (Å²) in [6.07, 6.45) is 8.47. The zero-order valence-electron chi connectivity index (χ0n) is 18.6. The van der Waals surface area contributed by atoms with Crippen molar-refractivity contribution in [1.29, 1.82) is 0 Å². The SMILES string of the molecule is O=C(CC12CC3CC(CC(C3)C1)C2)NCC(=O)N1CCN(Cc2cc(Cl)cc(Br)c2)CC1. The number of hydrogen-bond acceptors (Lipinski definition) is 3. The fraction of sp³-hybridized carbons (Fsp3) is 0.680. The summed E-state index contributed by atoms with van der Waals surface area (Å²) < 4.78 is 0.984. The summed E-state index contributed by atoms with van der Waals surface area (Å²) in [5.41, 5.74) is 1.39. The van der Waals surface area contributed by atoms with E-state index < -0.39 is 0 Å². The van der Waals surface area contributed by atoms with Crippen LogP contribution in [0.15, 0.2) is 22.7 Å². The van der Waals surface area contributed by atoms with Gasteiger partial charge in [0.2, 0.25) is 11.8 Å². The second kappa shape index (κ2) is 9.27. The van der Waals surface area contributed by atoms with Gasteiger partial charge in [-0.1, -0.05) is 27.5 Å². The van der Waals surface area contributed by atoms with Crippen molar-refractivity contribution >= 4 is 39.3 Å². The van der Waals surface area contributed by atoms with Gasteiger partial charge < -0.3 is 10.2 Å². The van der Waals surface area contributed by atoms with Gasteiger partial charge in [0.1, 0.15) is 0 Å². The van der Waals surface area contributed by atoms with Crippen LogP contribution in [0.4, 0.5) is 0 Å². The van der Waals surface area contributed by atoms with Gasteiger partial charge >= 0.3 is 0 Å². The zero-order valence-corrected chi connectivity index (χ0v) is 21.0. The van der Waals surface area contributed by atoms with Crippen molar-refractivity contribution < 1.29 is 9.59 Å². The first-order valence-electron chi connectivity index (χ1n) is 12.1. The van der Waals surface area contributed by atoms with Crippen molar-refractivity contribution in [3.63, 3.8) is 0 Å². The Morgan fingerprint density at radius 3 is 2.22 bits per heavy atom. The standard InChI is InChI=1S/C25H33BrClN3O2/c26-21-8-20(9-22(27)10-21)16-29-1-3-30(4-2-29)24(32)15-28-23(31)14-25-11-17-5-18(12-25)7-19(6-17)13-25/h8-10,17-19H,1-7,11-16H2,(H,28,31). The van der Waals surface area contributed by atoms with E-state index in [-0.39, 0.29) is 23.8 Å². The molecule has 4 saturated carbocycles. The molecule has 5 nitrogen and oxygen atoms in total. The van der Waals surface area contributed by atoms with Crippen LogP contribution in [0.2, 0.25) is 5.02 Å². The minimum Gasteiger partial charge on any atom is -0.347 e. The molecule has 174 valence electrons. The highest BCUT2D eigenvalue weighted by Gasteiger charge is 2.51. The third-order valence-corrected chi connectivity index (χ3v) is 8.87. The molecular formula is C25H33BrClN3O2. The molecule has 1 saturated heterocycles. The summed E-state index contributed by atoms with van der Waals surface area (Å²) >= 11 is 9.65. The van der Waals surface area contributed by atoms with Crippen molar-refractivity contribution in [3.8, 4) is 0 Å². The number of nitrogens with one attached hydrogen (secondary N) is 1. The summed E-state index contributed by atoms with van der Waals surface area (Å²) in [4.78, 5) is 29.6. The molecule has 5 fully saturated rings. The molecule has 7 heteroatoms. The van der Waals surface area contributed by atoms with E-state index >= 15 is 0 Å². The number of carbonyl (C=O) groups excluding carboxylic acids is 2. The number of halogens is 2.